The number of ether oxygens (including phenoxy) is 1. The molecule has 2 heterocycles. The van der Waals surface area contributed by atoms with Crippen molar-refractivity contribution in [2.45, 2.75) is 57.0 Å². The predicted molar refractivity (Wildman–Crippen MR) is 103 cm³/mol. The normalized spacial score (nSPS) is 29.4. The van der Waals surface area contributed by atoms with Crippen molar-refractivity contribution in [3.8, 4) is 0 Å². The number of anilines is 1. The van der Waals surface area contributed by atoms with E-state index in [1.54, 1.807) is 19.3 Å². The zero-order valence-corrected chi connectivity index (χ0v) is 16.3. The fourth-order valence-electron chi connectivity index (χ4n) is 4.41. The molecule has 2 aliphatic rings. The lowest BCUT2D eigenvalue weighted by Gasteiger charge is -2.55. The smallest absolute Gasteiger partial charge is 0.335 e. The van der Waals surface area contributed by atoms with Gasteiger partial charge in [-0.1, -0.05) is 19.8 Å². The highest BCUT2D eigenvalue weighted by Gasteiger charge is 2.57. The second-order valence-corrected chi connectivity index (χ2v) is 7.75. The van der Waals surface area contributed by atoms with Gasteiger partial charge in [-0.15, -0.1) is 0 Å². The van der Waals surface area contributed by atoms with Gasteiger partial charge in [-0.05, 0) is 31.9 Å². The predicted octanol–water partition coefficient (Wildman–Crippen LogP) is 1.71. The standard InChI is InChI=1S/C20H30N4O3/c1-3-17(25)27-18(26)20(21)9-5-4-8-19(20,2)24-14-12-23(13-15-24)16-6-10-22-11-7-16/h6-7,10-11H,3-5,8-9,12-15,21H2,1-2H3/t19-,20?/m0/s1. The Morgan fingerprint density at radius 3 is 2.41 bits per heavy atom. The van der Waals surface area contributed by atoms with Gasteiger partial charge in [0.25, 0.3) is 0 Å². The van der Waals surface area contributed by atoms with Crippen LogP contribution in [0.2, 0.25) is 0 Å². The minimum absolute atomic E-state index is 0.170. The van der Waals surface area contributed by atoms with E-state index in [1.807, 2.05) is 12.1 Å². The molecule has 148 valence electrons. The number of nitrogens with two attached hydrogens (primary N) is 1. The number of carbonyl (C=O) groups is 2. The summed E-state index contributed by atoms with van der Waals surface area (Å²) in [6.07, 6.45) is 7.04. The summed E-state index contributed by atoms with van der Waals surface area (Å²) in [6.45, 7) is 7.08. The fraction of sp³-hybridized carbons (Fsp3) is 0.650. The van der Waals surface area contributed by atoms with Crippen molar-refractivity contribution in [3.63, 3.8) is 0 Å². The van der Waals surface area contributed by atoms with Crippen LogP contribution in [0.5, 0.6) is 0 Å². The van der Waals surface area contributed by atoms with Gasteiger partial charge in [0.2, 0.25) is 0 Å². The lowest BCUT2D eigenvalue weighted by molar-refractivity contribution is -0.170. The quantitative estimate of drug-likeness (QED) is 0.634. The molecule has 0 bridgehead atoms. The summed E-state index contributed by atoms with van der Waals surface area (Å²) >= 11 is 0. The Morgan fingerprint density at radius 1 is 1.15 bits per heavy atom. The Kier molecular flexibility index (Phi) is 5.81. The lowest BCUT2D eigenvalue weighted by atomic mass is 9.67. The van der Waals surface area contributed by atoms with Crippen LogP contribution in [0.25, 0.3) is 0 Å². The third kappa shape index (κ3) is 3.71. The van der Waals surface area contributed by atoms with E-state index in [1.165, 1.54) is 0 Å². The summed E-state index contributed by atoms with van der Waals surface area (Å²) < 4.78 is 5.07. The van der Waals surface area contributed by atoms with Crippen molar-refractivity contribution in [1.29, 1.82) is 0 Å². The first kappa shape index (κ1) is 19.8. The van der Waals surface area contributed by atoms with Crippen LogP contribution in [0, 0.1) is 0 Å². The van der Waals surface area contributed by atoms with Gasteiger partial charge in [-0.25, -0.2) is 4.79 Å². The molecule has 2 atom stereocenters. The highest BCUT2D eigenvalue weighted by Crippen LogP contribution is 2.41. The Labute approximate surface area is 160 Å². The SMILES string of the molecule is CCC(=O)OC(=O)C1(N)CCCC[C@]1(C)N1CCN(c2ccncc2)CC1. The summed E-state index contributed by atoms with van der Waals surface area (Å²) in [5, 5.41) is 0. The van der Waals surface area contributed by atoms with Crippen molar-refractivity contribution >= 4 is 17.6 Å². The third-order valence-electron chi connectivity index (χ3n) is 6.31. The highest BCUT2D eigenvalue weighted by atomic mass is 16.6. The van der Waals surface area contributed by atoms with Gasteiger partial charge in [0.05, 0.1) is 0 Å². The molecule has 1 aliphatic carbocycles. The van der Waals surface area contributed by atoms with E-state index < -0.39 is 23.0 Å². The molecule has 7 heteroatoms. The maximum absolute atomic E-state index is 12.8. The second kappa shape index (κ2) is 7.94. The van der Waals surface area contributed by atoms with Gasteiger partial charge < -0.3 is 15.4 Å². The topological polar surface area (TPSA) is 88.8 Å². The van der Waals surface area contributed by atoms with Crippen LogP contribution in [-0.2, 0) is 14.3 Å². The third-order valence-corrected chi connectivity index (χ3v) is 6.31. The molecule has 2 N–H and O–H groups in total. The molecule has 0 amide bonds. The lowest BCUT2D eigenvalue weighted by Crippen LogP contribution is -2.74. The van der Waals surface area contributed by atoms with Crippen LogP contribution in [0.4, 0.5) is 5.69 Å². The zero-order chi connectivity index (χ0) is 19.5. The van der Waals surface area contributed by atoms with E-state index in [-0.39, 0.29) is 6.42 Å². The minimum atomic E-state index is -1.16. The monoisotopic (exact) mass is 374 g/mol. The largest absolute Gasteiger partial charge is 0.392 e. The number of carbonyl (C=O) groups excluding carboxylic acids is 2. The molecular formula is C20H30N4O3. The molecule has 27 heavy (non-hydrogen) atoms. The Hall–Kier alpha value is -1.99. The Balaban J connectivity index is 1.75. The average molecular weight is 374 g/mol. The van der Waals surface area contributed by atoms with Gasteiger partial charge in [0, 0.05) is 56.2 Å². The molecule has 1 saturated heterocycles. The maximum Gasteiger partial charge on any atom is 0.335 e. The van der Waals surface area contributed by atoms with Gasteiger partial charge in [0.1, 0.15) is 5.54 Å². The summed E-state index contributed by atoms with van der Waals surface area (Å²) in [4.78, 5) is 33.2. The molecule has 1 aliphatic heterocycles. The summed E-state index contributed by atoms with van der Waals surface area (Å²) in [6, 6.07) is 4.03. The number of esters is 2. The molecule has 0 spiro atoms. The van der Waals surface area contributed by atoms with E-state index >= 15 is 0 Å². The van der Waals surface area contributed by atoms with E-state index in [4.69, 9.17) is 10.5 Å². The number of piperazine rings is 1. The van der Waals surface area contributed by atoms with Crippen LogP contribution < -0.4 is 10.6 Å². The molecule has 7 nitrogen and oxygen atoms in total. The average Bonchev–Trinajstić information content (AvgIpc) is 2.71. The molecule has 2 fully saturated rings. The molecule has 1 unspecified atom stereocenters. The maximum atomic E-state index is 12.8. The zero-order valence-electron chi connectivity index (χ0n) is 16.3. The van der Waals surface area contributed by atoms with Crippen molar-refractivity contribution in [2.24, 2.45) is 5.73 Å². The Bertz CT molecular complexity index is 675. The van der Waals surface area contributed by atoms with E-state index in [2.05, 4.69) is 21.7 Å². The number of hydrogen-bond acceptors (Lipinski definition) is 7. The molecule has 1 aromatic heterocycles. The number of rotatable bonds is 4. The van der Waals surface area contributed by atoms with Gasteiger partial charge in [-0.2, -0.15) is 0 Å². The number of hydrogen-bond donors (Lipinski definition) is 1. The molecule has 3 rings (SSSR count). The second-order valence-electron chi connectivity index (χ2n) is 7.75. The first-order valence-electron chi connectivity index (χ1n) is 9.85. The van der Waals surface area contributed by atoms with Crippen molar-refractivity contribution in [2.75, 3.05) is 31.1 Å². The van der Waals surface area contributed by atoms with Crippen LogP contribution in [0.15, 0.2) is 24.5 Å². The van der Waals surface area contributed by atoms with Crippen LogP contribution >= 0.6 is 0 Å². The fourth-order valence-corrected chi connectivity index (χ4v) is 4.41. The van der Waals surface area contributed by atoms with E-state index in [9.17, 15) is 9.59 Å². The Morgan fingerprint density at radius 2 is 1.78 bits per heavy atom. The first-order valence-corrected chi connectivity index (χ1v) is 9.85. The van der Waals surface area contributed by atoms with Crippen LogP contribution in [0.1, 0.15) is 46.0 Å². The number of pyridine rings is 1. The molecule has 1 aromatic rings. The van der Waals surface area contributed by atoms with Crippen LogP contribution in [0.3, 0.4) is 0 Å². The number of aromatic nitrogens is 1. The van der Waals surface area contributed by atoms with E-state index in [0.717, 1.165) is 51.1 Å². The molecule has 0 aromatic carbocycles. The minimum Gasteiger partial charge on any atom is -0.392 e. The van der Waals surface area contributed by atoms with Gasteiger partial charge in [0.15, 0.2) is 0 Å². The molecular weight excluding hydrogens is 344 g/mol. The molecule has 1 saturated carbocycles. The summed E-state index contributed by atoms with van der Waals surface area (Å²) in [5.74, 6) is -1.09. The van der Waals surface area contributed by atoms with Gasteiger partial charge >= 0.3 is 11.9 Å². The molecule has 0 radical (unpaired) electrons. The van der Waals surface area contributed by atoms with Gasteiger partial charge in [-0.3, -0.25) is 14.7 Å². The van der Waals surface area contributed by atoms with Crippen molar-refractivity contribution in [3.05, 3.63) is 24.5 Å². The summed E-state index contributed by atoms with van der Waals surface area (Å²) in [7, 11) is 0. The van der Waals surface area contributed by atoms with Crippen LogP contribution in [-0.4, -0.2) is 59.1 Å². The first-order chi connectivity index (χ1) is 12.9. The van der Waals surface area contributed by atoms with E-state index in [0.29, 0.717) is 6.42 Å². The summed E-state index contributed by atoms with van der Waals surface area (Å²) in [5.41, 5.74) is 6.16. The van der Waals surface area contributed by atoms with Crippen molar-refractivity contribution in [1.82, 2.24) is 9.88 Å². The highest BCUT2D eigenvalue weighted by molar-refractivity contribution is 5.92. The van der Waals surface area contributed by atoms with Crippen molar-refractivity contribution < 1.29 is 14.3 Å². The number of nitrogens with zero attached hydrogens (tertiary/aromatic N) is 3.